The zero-order chi connectivity index (χ0) is 27.0. The highest BCUT2D eigenvalue weighted by Gasteiger charge is 2.25. The van der Waals surface area contributed by atoms with Gasteiger partial charge in [-0.05, 0) is 55.5 Å². The number of anilines is 1. The molecule has 3 heterocycles. The number of rotatable bonds is 11. The molecule has 0 radical (unpaired) electrons. The molecule has 0 bridgehead atoms. The first-order chi connectivity index (χ1) is 19.1. The predicted octanol–water partition coefficient (Wildman–Crippen LogP) is 3.98. The third kappa shape index (κ3) is 6.60. The topological polar surface area (TPSA) is 117 Å². The zero-order valence-electron chi connectivity index (χ0n) is 22.0. The van der Waals surface area contributed by atoms with Crippen molar-refractivity contribution in [2.75, 3.05) is 25.6 Å². The van der Waals surface area contributed by atoms with Crippen LogP contribution in [0.3, 0.4) is 0 Å². The number of nitrogens with zero attached hydrogens (tertiary/aromatic N) is 4. The largest absolute Gasteiger partial charge is 0.383 e. The molecular weight excluding hydrogens is 494 g/mol. The van der Waals surface area contributed by atoms with Gasteiger partial charge in [-0.15, -0.1) is 0 Å². The first-order valence-corrected chi connectivity index (χ1v) is 13.2. The van der Waals surface area contributed by atoms with E-state index in [0.717, 1.165) is 41.9 Å². The van der Waals surface area contributed by atoms with Gasteiger partial charge in [-0.3, -0.25) is 30.0 Å². The minimum atomic E-state index is -0.259. The Bertz CT molecular complexity index is 1390. The minimum Gasteiger partial charge on any atom is -0.383 e. The number of nitrogens with one attached hydrogen (secondary N) is 3. The number of hydrogen-bond donors (Lipinski definition) is 3. The van der Waals surface area contributed by atoms with Gasteiger partial charge >= 0.3 is 0 Å². The summed E-state index contributed by atoms with van der Waals surface area (Å²) < 4.78 is 7.14. The lowest BCUT2D eigenvalue weighted by molar-refractivity contribution is -0.126. The monoisotopic (exact) mass is 527 g/mol. The molecule has 0 aliphatic carbocycles. The second kappa shape index (κ2) is 12.5. The fourth-order valence-electron chi connectivity index (χ4n) is 4.84. The Morgan fingerprint density at radius 3 is 2.79 bits per heavy atom. The van der Waals surface area contributed by atoms with E-state index in [1.165, 1.54) is 0 Å². The highest BCUT2D eigenvalue weighted by Crippen LogP contribution is 2.22. The van der Waals surface area contributed by atoms with Gasteiger partial charge in [0.25, 0.3) is 5.91 Å². The number of H-pyrrole nitrogens is 1. The summed E-state index contributed by atoms with van der Waals surface area (Å²) >= 11 is 0. The second-order valence-electron chi connectivity index (χ2n) is 9.62. The number of amides is 2. The third-order valence-electron chi connectivity index (χ3n) is 6.81. The van der Waals surface area contributed by atoms with Crippen molar-refractivity contribution in [3.8, 4) is 16.8 Å². The number of aromatic amines is 1. The maximum atomic E-state index is 13.2. The Morgan fingerprint density at radius 2 is 2.00 bits per heavy atom. The number of carbonyl (C=O) groups is 2. The Labute approximate surface area is 227 Å². The molecule has 0 spiro atoms. The Hall–Kier alpha value is -4.28. The number of imidazole rings is 1. The molecule has 2 amide bonds. The number of benzene rings is 2. The van der Waals surface area contributed by atoms with E-state index in [-0.39, 0.29) is 17.9 Å². The van der Waals surface area contributed by atoms with E-state index in [0.29, 0.717) is 37.4 Å². The number of hydrogen-bond acceptors (Lipinski definition) is 6. The second-order valence-corrected chi connectivity index (χ2v) is 9.62. The van der Waals surface area contributed by atoms with Crippen LogP contribution >= 0.6 is 0 Å². The van der Waals surface area contributed by atoms with E-state index in [2.05, 4.69) is 20.9 Å². The van der Waals surface area contributed by atoms with Crippen LogP contribution in [0.25, 0.3) is 16.8 Å². The van der Waals surface area contributed by atoms with Crippen molar-refractivity contribution in [2.45, 2.75) is 38.1 Å². The number of methoxy groups -OCH3 is 1. The number of hydrazine groups is 1. The SMILES string of the molecule is COC[C@H]1CCCN1NC(=O)CCCc1cn(-c2ccccc2)c(NC(=O)c2cccc(-c3cn[nH]c3)c2)n1. The lowest BCUT2D eigenvalue weighted by atomic mass is 10.1. The summed E-state index contributed by atoms with van der Waals surface area (Å²) in [5.41, 5.74) is 7.02. The van der Waals surface area contributed by atoms with Gasteiger partial charge in [0.1, 0.15) is 0 Å². The summed E-state index contributed by atoms with van der Waals surface area (Å²) in [6.07, 6.45) is 9.12. The van der Waals surface area contributed by atoms with Crippen molar-refractivity contribution in [1.29, 1.82) is 0 Å². The Morgan fingerprint density at radius 1 is 1.13 bits per heavy atom. The van der Waals surface area contributed by atoms with Gasteiger partial charge in [0.05, 0.1) is 24.5 Å². The number of carbonyl (C=O) groups excluding carboxylic acids is 2. The molecule has 1 aliphatic heterocycles. The molecule has 10 heteroatoms. The number of aryl methyl sites for hydroxylation is 1. The van der Waals surface area contributed by atoms with E-state index in [1.807, 2.05) is 64.3 Å². The number of aromatic nitrogens is 4. The van der Waals surface area contributed by atoms with Crippen LogP contribution in [0.4, 0.5) is 5.95 Å². The molecule has 3 N–H and O–H groups in total. The van der Waals surface area contributed by atoms with Gasteiger partial charge in [-0.2, -0.15) is 5.10 Å². The van der Waals surface area contributed by atoms with Crippen LogP contribution < -0.4 is 10.7 Å². The summed E-state index contributed by atoms with van der Waals surface area (Å²) in [5, 5.41) is 11.8. The first-order valence-electron chi connectivity index (χ1n) is 13.2. The first kappa shape index (κ1) is 26.3. The fraction of sp³-hybridized carbons (Fsp3) is 0.310. The smallest absolute Gasteiger partial charge is 0.258 e. The molecule has 1 aliphatic rings. The predicted molar refractivity (Wildman–Crippen MR) is 148 cm³/mol. The normalized spacial score (nSPS) is 15.4. The molecule has 0 unspecified atom stereocenters. The quantitative estimate of drug-likeness (QED) is 0.272. The lowest BCUT2D eigenvalue weighted by Gasteiger charge is -2.24. The molecule has 0 saturated carbocycles. The molecule has 5 rings (SSSR count). The summed E-state index contributed by atoms with van der Waals surface area (Å²) in [7, 11) is 1.68. The van der Waals surface area contributed by atoms with Crippen LogP contribution in [0.2, 0.25) is 0 Å². The molecule has 202 valence electrons. The maximum Gasteiger partial charge on any atom is 0.258 e. The standard InChI is InChI=1S/C29H33N7O3/c1-39-20-26-13-7-15-36(26)34-27(37)14-6-10-24-19-35(25-11-3-2-4-12-25)29(32-24)33-28(38)22-9-5-8-21(16-22)23-17-30-31-18-23/h2-5,8-9,11-12,16-19,26H,6-7,10,13-15,20H2,1H3,(H,30,31)(H,34,37)(H,32,33,38)/t26-/m1/s1. The minimum absolute atomic E-state index is 0.00785. The molecule has 1 atom stereocenters. The van der Waals surface area contributed by atoms with Gasteiger partial charge in [0.15, 0.2) is 0 Å². The summed E-state index contributed by atoms with van der Waals surface area (Å²) in [5.74, 6) is 0.163. The lowest BCUT2D eigenvalue weighted by Crippen LogP contribution is -2.46. The average Bonchev–Trinajstić information content (AvgIpc) is 3.72. The van der Waals surface area contributed by atoms with Crippen molar-refractivity contribution in [3.05, 3.63) is 84.4 Å². The molecule has 39 heavy (non-hydrogen) atoms. The third-order valence-corrected chi connectivity index (χ3v) is 6.81. The average molecular weight is 528 g/mol. The van der Waals surface area contributed by atoms with Crippen LogP contribution in [0.1, 0.15) is 41.7 Å². The van der Waals surface area contributed by atoms with Crippen LogP contribution in [-0.4, -0.2) is 62.9 Å². The van der Waals surface area contributed by atoms with Gasteiger partial charge in [0, 0.05) is 49.3 Å². The Balaban J connectivity index is 1.25. The van der Waals surface area contributed by atoms with Crippen molar-refractivity contribution < 1.29 is 14.3 Å². The Kier molecular flexibility index (Phi) is 8.45. The molecule has 10 nitrogen and oxygen atoms in total. The fourth-order valence-corrected chi connectivity index (χ4v) is 4.84. The van der Waals surface area contributed by atoms with Crippen LogP contribution in [0, 0.1) is 0 Å². The van der Waals surface area contributed by atoms with Crippen molar-refractivity contribution >= 4 is 17.8 Å². The van der Waals surface area contributed by atoms with E-state index in [1.54, 1.807) is 25.6 Å². The van der Waals surface area contributed by atoms with Gasteiger partial charge in [-0.1, -0.05) is 30.3 Å². The van der Waals surface area contributed by atoms with Gasteiger partial charge < -0.3 is 4.74 Å². The van der Waals surface area contributed by atoms with Crippen molar-refractivity contribution in [1.82, 2.24) is 30.2 Å². The summed E-state index contributed by atoms with van der Waals surface area (Å²) in [6, 6.07) is 17.3. The van der Waals surface area contributed by atoms with Gasteiger partial charge in [-0.25, -0.2) is 9.99 Å². The zero-order valence-corrected chi connectivity index (χ0v) is 22.0. The molecular formula is C29H33N7O3. The van der Waals surface area contributed by atoms with E-state index >= 15 is 0 Å². The van der Waals surface area contributed by atoms with E-state index < -0.39 is 0 Å². The highest BCUT2D eigenvalue weighted by molar-refractivity contribution is 6.04. The molecule has 4 aromatic rings. The molecule has 1 saturated heterocycles. The number of ether oxygens (including phenoxy) is 1. The van der Waals surface area contributed by atoms with Crippen LogP contribution in [0.15, 0.2) is 73.2 Å². The van der Waals surface area contributed by atoms with Crippen LogP contribution in [-0.2, 0) is 16.0 Å². The van der Waals surface area contributed by atoms with E-state index in [9.17, 15) is 9.59 Å². The van der Waals surface area contributed by atoms with Crippen molar-refractivity contribution in [2.24, 2.45) is 0 Å². The molecule has 2 aromatic carbocycles. The summed E-state index contributed by atoms with van der Waals surface area (Å²) in [4.78, 5) is 30.5. The van der Waals surface area contributed by atoms with E-state index in [4.69, 9.17) is 9.72 Å². The molecule has 2 aromatic heterocycles. The molecule has 1 fully saturated rings. The highest BCUT2D eigenvalue weighted by atomic mass is 16.5. The summed E-state index contributed by atoms with van der Waals surface area (Å²) in [6.45, 7) is 1.45. The van der Waals surface area contributed by atoms with Gasteiger partial charge in [0.2, 0.25) is 11.9 Å². The van der Waals surface area contributed by atoms with Crippen molar-refractivity contribution in [3.63, 3.8) is 0 Å². The maximum absolute atomic E-state index is 13.2. The van der Waals surface area contributed by atoms with Crippen LogP contribution in [0.5, 0.6) is 0 Å². The number of para-hydroxylation sites is 1.